The molecule has 1 aliphatic rings. The van der Waals surface area contributed by atoms with Crippen LogP contribution in [0.4, 0.5) is 10.5 Å². The molecule has 0 spiro atoms. The first kappa shape index (κ1) is 15.4. The molecule has 1 fully saturated rings. The number of anilines is 1. The lowest BCUT2D eigenvalue weighted by atomic mass is 10.2. The number of benzene rings is 1. The summed E-state index contributed by atoms with van der Waals surface area (Å²) in [5.74, 6) is 0.577. The summed E-state index contributed by atoms with van der Waals surface area (Å²) in [4.78, 5) is 23.5. The topological polar surface area (TPSA) is 67.4 Å². The number of carbonyl (C=O) groups excluding carboxylic acids is 2. The SMILES string of the molecule is CC(C)(C)OC(=O)Nc1ccc(C(=O)NCC2CC2)cc1. The van der Waals surface area contributed by atoms with E-state index in [2.05, 4.69) is 10.6 Å². The van der Waals surface area contributed by atoms with E-state index in [1.165, 1.54) is 12.8 Å². The molecule has 1 aromatic carbocycles. The summed E-state index contributed by atoms with van der Waals surface area (Å²) in [6.45, 7) is 6.16. The second-order valence-corrected chi connectivity index (χ2v) is 6.36. The van der Waals surface area contributed by atoms with E-state index in [1.807, 2.05) is 0 Å². The zero-order chi connectivity index (χ0) is 15.5. The van der Waals surface area contributed by atoms with Crippen LogP contribution in [-0.4, -0.2) is 24.1 Å². The fourth-order valence-corrected chi connectivity index (χ4v) is 1.79. The molecule has 1 saturated carbocycles. The minimum Gasteiger partial charge on any atom is -0.444 e. The van der Waals surface area contributed by atoms with Gasteiger partial charge < -0.3 is 10.1 Å². The van der Waals surface area contributed by atoms with Crippen molar-refractivity contribution in [2.75, 3.05) is 11.9 Å². The minimum atomic E-state index is -0.535. The molecule has 0 bridgehead atoms. The smallest absolute Gasteiger partial charge is 0.412 e. The number of amides is 2. The largest absolute Gasteiger partial charge is 0.444 e. The number of ether oxygens (including phenoxy) is 1. The molecular formula is C16H22N2O3. The lowest BCUT2D eigenvalue weighted by Crippen LogP contribution is -2.27. The summed E-state index contributed by atoms with van der Waals surface area (Å²) < 4.78 is 5.16. The van der Waals surface area contributed by atoms with Gasteiger partial charge in [-0.15, -0.1) is 0 Å². The van der Waals surface area contributed by atoms with Crippen molar-refractivity contribution < 1.29 is 14.3 Å². The normalized spacial score (nSPS) is 14.4. The van der Waals surface area contributed by atoms with E-state index in [0.29, 0.717) is 17.2 Å². The first-order valence-electron chi connectivity index (χ1n) is 7.22. The molecule has 114 valence electrons. The van der Waals surface area contributed by atoms with Crippen LogP contribution >= 0.6 is 0 Å². The Morgan fingerprint density at radius 2 is 1.81 bits per heavy atom. The van der Waals surface area contributed by atoms with E-state index in [0.717, 1.165) is 6.54 Å². The minimum absolute atomic E-state index is 0.0780. The van der Waals surface area contributed by atoms with E-state index in [9.17, 15) is 9.59 Å². The third kappa shape index (κ3) is 5.45. The van der Waals surface area contributed by atoms with Crippen LogP contribution in [0.15, 0.2) is 24.3 Å². The van der Waals surface area contributed by atoms with Gasteiger partial charge in [-0.1, -0.05) is 0 Å². The molecule has 0 radical (unpaired) electrons. The Kier molecular flexibility index (Phi) is 4.50. The van der Waals surface area contributed by atoms with Gasteiger partial charge in [0.15, 0.2) is 0 Å². The van der Waals surface area contributed by atoms with E-state index in [4.69, 9.17) is 4.74 Å². The molecule has 0 atom stereocenters. The summed E-state index contributed by atoms with van der Waals surface area (Å²) in [7, 11) is 0. The first-order valence-corrected chi connectivity index (χ1v) is 7.22. The van der Waals surface area contributed by atoms with E-state index in [1.54, 1.807) is 45.0 Å². The van der Waals surface area contributed by atoms with Crippen molar-refractivity contribution in [3.8, 4) is 0 Å². The molecule has 5 nitrogen and oxygen atoms in total. The molecule has 2 N–H and O–H groups in total. The van der Waals surface area contributed by atoms with Gasteiger partial charge in [-0.25, -0.2) is 4.79 Å². The maximum Gasteiger partial charge on any atom is 0.412 e. The van der Waals surface area contributed by atoms with Crippen LogP contribution in [0.3, 0.4) is 0 Å². The van der Waals surface area contributed by atoms with Crippen LogP contribution in [0.1, 0.15) is 44.0 Å². The molecule has 0 unspecified atom stereocenters. The highest BCUT2D eigenvalue weighted by Gasteiger charge is 2.22. The highest BCUT2D eigenvalue weighted by atomic mass is 16.6. The highest BCUT2D eigenvalue weighted by molar-refractivity contribution is 5.95. The van der Waals surface area contributed by atoms with Crippen molar-refractivity contribution in [2.24, 2.45) is 5.92 Å². The van der Waals surface area contributed by atoms with Crippen LogP contribution in [-0.2, 0) is 4.74 Å². The van der Waals surface area contributed by atoms with Crippen molar-refractivity contribution in [1.82, 2.24) is 5.32 Å². The van der Waals surface area contributed by atoms with Gasteiger partial charge in [0.1, 0.15) is 5.60 Å². The predicted octanol–water partition coefficient (Wildman–Crippen LogP) is 3.17. The lowest BCUT2D eigenvalue weighted by Gasteiger charge is -2.19. The predicted molar refractivity (Wildman–Crippen MR) is 81.4 cm³/mol. The molecular weight excluding hydrogens is 268 g/mol. The lowest BCUT2D eigenvalue weighted by molar-refractivity contribution is 0.0636. The average Bonchev–Trinajstić information content (AvgIpc) is 3.18. The fourth-order valence-electron chi connectivity index (χ4n) is 1.79. The number of carbonyl (C=O) groups is 2. The maximum atomic E-state index is 11.9. The third-order valence-corrected chi connectivity index (χ3v) is 3.04. The fraction of sp³-hybridized carbons (Fsp3) is 0.500. The Bertz CT molecular complexity index is 513. The summed E-state index contributed by atoms with van der Waals surface area (Å²) in [5, 5.41) is 5.53. The Labute approximate surface area is 125 Å². The molecule has 1 aliphatic carbocycles. The van der Waals surface area contributed by atoms with Crippen LogP contribution in [0.5, 0.6) is 0 Å². The second-order valence-electron chi connectivity index (χ2n) is 6.36. The molecule has 2 rings (SSSR count). The number of hydrogen-bond donors (Lipinski definition) is 2. The van der Waals surface area contributed by atoms with Gasteiger partial charge >= 0.3 is 6.09 Å². The average molecular weight is 290 g/mol. The summed E-state index contributed by atoms with van der Waals surface area (Å²) in [6.07, 6.45) is 1.91. The van der Waals surface area contributed by atoms with Crippen molar-refractivity contribution in [3.05, 3.63) is 29.8 Å². The van der Waals surface area contributed by atoms with E-state index >= 15 is 0 Å². The van der Waals surface area contributed by atoms with Crippen LogP contribution in [0.25, 0.3) is 0 Å². The van der Waals surface area contributed by atoms with Crippen LogP contribution in [0.2, 0.25) is 0 Å². The Morgan fingerprint density at radius 1 is 1.19 bits per heavy atom. The molecule has 2 amide bonds. The van der Waals surface area contributed by atoms with E-state index in [-0.39, 0.29) is 5.91 Å². The first-order chi connectivity index (χ1) is 9.83. The standard InChI is InChI=1S/C16H22N2O3/c1-16(2,3)21-15(20)18-13-8-6-12(7-9-13)14(19)17-10-11-4-5-11/h6-9,11H,4-5,10H2,1-3H3,(H,17,19)(H,18,20). The van der Waals surface area contributed by atoms with Crippen LogP contribution < -0.4 is 10.6 Å². The van der Waals surface area contributed by atoms with E-state index < -0.39 is 11.7 Å². The van der Waals surface area contributed by atoms with Gasteiger partial charge in [-0.3, -0.25) is 10.1 Å². The van der Waals surface area contributed by atoms with Crippen LogP contribution in [0, 0.1) is 5.92 Å². The zero-order valence-electron chi connectivity index (χ0n) is 12.7. The summed E-state index contributed by atoms with van der Waals surface area (Å²) in [6, 6.07) is 6.76. The molecule has 0 heterocycles. The van der Waals surface area contributed by atoms with Gasteiger partial charge in [0.2, 0.25) is 0 Å². The molecule has 21 heavy (non-hydrogen) atoms. The van der Waals surface area contributed by atoms with Crippen molar-refractivity contribution in [2.45, 2.75) is 39.2 Å². The monoisotopic (exact) mass is 290 g/mol. The van der Waals surface area contributed by atoms with Gasteiger partial charge in [0.05, 0.1) is 0 Å². The molecule has 0 aromatic heterocycles. The number of hydrogen-bond acceptors (Lipinski definition) is 3. The Morgan fingerprint density at radius 3 is 2.33 bits per heavy atom. The van der Waals surface area contributed by atoms with Gasteiger partial charge in [0, 0.05) is 17.8 Å². The van der Waals surface area contributed by atoms with Gasteiger partial charge in [-0.05, 0) is 63.8 Å². The Balaban J connectivity index is 1.85. The number of rotatable bonds is 4. The van der Waals surface area contributed by atoms with Crippen molar-refractivity contribution >= 4 is 17.7 Å². The highest BCUT2D eigenvalue weighted by Crippen LogP contribution is 2.27. The molecule has 0 aliphatic heterocycles. The van der Waals surface area contributed by atoms with Crippen molar-refractivity contribution in [1.29, 1.82) is 0 Å². The van der Waals surface area contributed by atoms with Crippen molar-refractivity contribution in [3.63, 3.8) is 0 Å². The molecule has 0 saturated heterocycles. The summed E-state index contributed by atoms with van der Waals surface area (Å²) >= 11 is 0. The van der Waals surface area contributed by atoms with Gasteiger partial charge in [-0.2, -0.15) is 0 Å². The third-order valence-electron chi connectivity index (χ3n) is 3.04. The quantitative estimate of drug-likeness (QED) is 0.895. The Hall–Kier alpha value is -2.04. The molecule has 5 heteroatoms. The van der Waals surface area contributed by atoms with Gasteiger partial charge in [0.25, 0.3) is 5.91 Å². The summed E-state index contributed by atoms with van der Waals surface area (Å²) in [5.41, 5.74) is 0.653. The zero-order valence-corrected chi connectivity index (χ0v) is 12.7. The molecule has 1 aromatic rings. The maximum absolute atomic E-state index is 11.9. The number of nitrogens with one attached hydrogen (secondary N) is 2. The second kappa shape index (κ2) is 6.16.